The Kier molecular flexibility index (Phi) is 11.1. The average Bonchev–Trinajstić information content (AvgIpc) is 2.18. The summed E-state index contributed by atoms with van der Waals surface area (Å²) in [7, 11) is -2.34. The third-order valence-electron chi connectivity index (χ3n) is 2.07. The molecule has 0 saturated heterocycles. The van der Waals surface area contributed by atoms with Crippen LogP contribution in [0.25, 0.3) is 0 Å². The van der Waals surface area contributed by atoms with Crippen LogP contribution in [-0.4, -0.2) is 51.6 Å². The van der Waals surface area contributed by atoms with Gasteiger partial charge in [-0.25, -0.2) is 4.79 Å². The van der Waals surface area contributed by atoms with Gasteiger partial charge in [0, 0.05) is 24.3 Å². The van der Waals surface area contributed by atoms with Crippen molar-refractivity contribution in [2.24, 2.45) is 0 Å². The maximum atomic E-state index is 11.5. The van der Waals surface area contributed by atoms with Gasteiger partial charge in [-0.2, -0.15) is 0 Å². The molecule has 0 aromatic heterocycles. The molecular formula is C13H22KNO6S. The Labute approximate surface area is 174 Å². The standard InChI is InChI=1S/C13H23NO6S.K/c1-13(2,3)20-12(18)14-10(11(16)17)7-6-9(15)8-21(4,5)19;/h8,10H,6-7H2,1-5H3,(H,14,18)(H,16,17);/q;+1/p-1/t10-;/m0./s1. The molecule has 0 aromatic rings. The SMILES string of the molecule is CC(C)(C)OC(=O)N[C@@H](CCC(=O)C=S(C)(C)=O)C(=O)[O-].[K+]. The quantitative estimate of drug-likeness (QED) is 0.386. The van der Waals surface area contributed by atoms with Crippen LogP contribution in [0.2, 0.25) is 0 Å². The van der Waals surface area contributed by atoms with Crippen LogP contribution in [0.5, 0.6) is 0 Å². The van der Waals surface area contributed by atoms with Crippen LogP contribution in [0, 0.1) is 0 Å². The van der Waals surface area contributed by atoms with E-state index in [2.05, 4.69) is 5.32 Å². The number of ether oxygens (including phenoxy) is 1. The van der Waals surface area contributed by atoms with E-state index in [1.807, 2.05) is 0 Å². The molecule has 1 atom stereocenters. The first kappa shape index (κ1) is 24.3. The number of carbonyl (C=O) groups is 3. The molecule has 22 heavy (non-hydrogen) atoms. The zero-order valence-electron chi connectivity index (χ0n) is 13.9. The van der Waals surface area contributed by atoms with Gasteiger partial charge < -0.3 is 20.0 Å². The third-order valence-corrected chi connectivity index (χ3v) is 2.90. The molecule has 1 amide bonds. The fraction of sp³-hybridized carbons (Fsp3) is 0.692. The Morgan fingerprint density at radius 1 is 1.27 bits per heavy atom. The average molecular weight is 359 g/mol. The number of nitrogens with one attached hydrogen (secondary N) is 1. The minimum absolute atomic E-state index is 0. The molecular weight excluding hydrogens is 337 g/mol. The maximum absolute atomic E-state index is 11.5. The first-order valence-corrected chi connectivity index (χ1v) is 8.76. The molecule has 1 N–H and O–H groups in total. The topological polar surface area (TPSA) is 113 Å². The number of ketones is 1. The predicted octanol–water partition coefficient (Wildman–Crippen LogP) is -3.67. The van der Waals surface area contributed by atoms with Gasteiger partial charge in [-0.1, -0.05) is 0 Å². The molecule has 0 saturated carbocycles. The van der Waals surface area contributed by atoms with Gasteiger partial charge >= 0.3 is 57.5 Å². The largest absolute Gasteiger partial charge is 1.00 e. The van der Waals surface area contributed by atoms with Gasteiger partial charge in [0.05, 0.1) is 12.0 Å². The summed E-state index contributed by atoms with van der Waals surface area (Å²) >= 11 is 0. The van der Waals surface area contributed by atoms with Crippen molar-refractivity contribution in [1.82, 2.24) is 5.32 Å². The van der Waals surface area contributed by atoms with E-state index >= 15 is 0 Å². The Bertz CT molecular complexity index is 523. The smallest absolute Gasteiger partial charge is 0.548 e. The summed E-state index contributed by atoms with van der Waals surface area (Å²) in [4.78, 5) is 33.9. The minimum atomic E-state index is -2.34. The van der Waals surface area contributed by atoms with E-state index < -0.39 is 39.0 Å². The first-order chi connectivity index (χ1) is 9.30. The van der Waals surface area contributed by atoms with Crippen LogP contribution >= 0.6 is 0 Å². The summed E-state index contributed by atoms with van der Waals surface area (Å²) in [5.41, 5.74) is -0.764. The van der Waals surface area contributed by atoms with Gasteiger partial charge in [0.1, 0.15) is 5.60 Å². The van der Waals surface area contributed by atoms with Gasteiger partial charge in [-0.3, -0.25) is 9.00 Å². The van der Waals surface area contributed by atoms with Crippen LogP contribution in [0.4, 0.5) is 4.79 Å². The number of carboxylic acid groups (broad SMARTS) is 1. The summed E-state index contributed by atoms with van der Waals surface area (Å²) in [6, 6.07) is -1.35. The van der Waals surface area contributed by atoms with E-state index in [1.54, 1.807) is 20.8 Å². The number of Topliss-reactive ketones (excluding diaryl/α,β-unsaturated/α-hetero) is 1. The van der Waals surface area contributed by atoms with Crippen LogP contribution in [0.1, 0.15) is 33.6 Å². The monoisotopic (exact) mass is 359 g/mol. The van der Waals surface area contributed by atoms with Crippen molar-refractivity contribution in [2.75, 3.05) is 12.5 Å². The summed E-state index contributed by atoms with van der Waals surface area (Å²) < 4.78 is 16.3. The molecule has 0 heterocycles. The summed E-state index contributed by atoms with van der Waals surface area (Å²) in [5, 5.41) is 14.1. The van der Waals surface area contributed by atoms with E-state index in [4.69, 9.17) is 4.74 Å². The Morgan fingerprint density at radius 3 is 2.14 bits per heavy atom. The van der Waals surface area contributed by atoms with Crippen molar-refractivity contribution in [2.45, 2.75) is 45.3 Å². The number of hydrogen-bond donors (Lipinski definition) is 1. The van der Waals surface area contributed by atoms with Gasteiger partial charge in [0.2, 0.25) is 0 Å². The first-order valence-electron chi connectivity index (χ1n) is 6.32. The summed E-state index contributed by atoms with van der Waals surface area (Å²) in [6.45, 7) is 4.91. The molecule has 0 aliphatic carbocycles. The predicted molar refractivity (Wildman–Crippen MR) is 78.5 cm³/mol. The maximum Gasteiger partial charge on any atom is 1.00 e. The van der Waals surface area contributed by atoms with Crippen molar-refractivity contribution in [3.05, 3.63) is 0 Å². The second kappa shape index (κ2) is 10.0. The van der Waals surface area contributed by atoms with Crippen LogP contribution in [0.3, 0.4) is 0 Å². The molecule has 0 spiro atoms. The number of alkyl carbamates (subject to hydrolysis) is 1. The molecule has 7 nitrogen and oxygen atoms in total. The molecule has 0 unspecified atom stereocenters. The summed E-state index contributed by atoms with van der Waals surface area (Å²) in [5.74, 6) is -1.95. The summed E-state index contributed by atoms with van der Waals surface area (Å²) in [6.07, 6.45) is 1.59. The Morgan fingerprint density at radius 2 is 1.77 bits per heavy atom. The van der Waals surface area contributed by atoms with E-state index in [-0.39, 0.29) is 64.2 Å². The Balaban J connectivity index is 0. The Hall–Kier alpha value is 0.0664. The van der Waals surface area contributed by atoms with Crippen molar-refractivity contribution < 1.29 is 79.8 Å². The molecule has 0 bridgehead atoms. The van der Waals surface area contributed by atoms with Gasteiger partial charge in [0.25, 0.3) is 0 Å². The number of carboxylic acids is 1. The molecule has 0 aliphatic heterocycles. The number of aliphatic carboxylic acids is 1. The minimum Gasteiger partial charge on any atom is -0.548 e. The van der Waals surface area contributed by atoms with Crippen molar-refractivity contribution in [3.8, 4) is 0 Å². The van der Waals surface area contributed by atoms with Crippen molar-refractivity contribution in [3.63, 3.8) is 0 Å². The van der Waals surface area contributed by atoms with E-state index in [1.165, 1.54) is 12.5 Å². The van der Waals surface area contributed by atoms with Crippen LogP contribution in [-0.2, 0) is 23.8 Å². The normalized spacial score (nSPS) is 12.6. The van der Waals surface area contributed by atoms with Crippen LogP contribution in [0.15, 0.2) is 0 Å². The fourth-order valence-corrected chi connectivity index (χ4v) is 2.11. The molecule has 0 fully saturated rings. The second-order valence-electron chi connectivity index (χ2n) is 5.95. The molecule has 9 heteroatoms. The van der Waals surface area contributed by atoms with Gasteiger partial charge in [-0.15, -0.1) is 0 Å². The molecule has 0 aromatic carbocycles. The number of rotatable bonds is 6. The van der Waals surface area contributed by atoms with E-state index in [9.17, 15) is 23.7 Å². The molecule has 122 valence electrons. The third kappa shape index (κ3) is 13.7. The number of carbonyl (C=O) groups excluding carboxylic acids is 3. The zero-order chi connectivity index (χ0) is 16.8. The van der Waals surface area contributed by atoms with Crippen LogP contribution < -0.4 is 61.8 Å². The molecule has 0 aliphatic rings. The second-order valence-corrected chi connectivity index (χ2v) is 8.80. The molecule has 0 rings (SSSR count). The number of hydrogen-bond acceptors (Lipinski definition) is 6. The molecule has 0 radical (unpaired) electrons. The van der Waals surface area contributed by atoms with E-state index in [0.29, 0.717) is 0 Å². The van der Waals surface area contributed by atoms with Crippen molar-refractivity contribution in [1.29, 1.82) is 0 Å². The van der Waals surface area contributed by atoms with E-state index in [0.717, 1.165) is 5.37 Å². The zero-order valence-corrected chi connectivity index (χ0v) is 17.9. The fourth-order valence-electron chi connectivity index (χ4n) is 1.36. The van der Waals surface area contributed by atoms with Crippen molar-refractivity contribution >= 4 is 32.7 Å². The van der Waals surface area contributed by atoms with Gasteiger partial charge in [0.15, 0.2) is 5.78 Å². The van der Waals surface area contributed by atoms with Gasteiger partial charge in [-0.05, 0) is 36.7 Å². The number of amides is 1.